The Labute approximate surface area is 273 Å². The number of alkyl carbamates (subject to hydrolysis) is 1. The molecule has 5 atom stereocenters. The Morgan fingerprint density at radius 1 is 0.867 bits per heavy atom. The summed E-state index contributed by atoms with van der Waals surface area (Å²) in [6.45, 7) is 21.2. The van der Waals surface area contributed by atoms with Crippen LogP contribution >= 0.6 is 11.8 Å². The quantitative estimate of drug-likeness (QED) is 0.148. The molecule has 12 nitrogen and oxygen atoms in total. The average Bonchev–Trinajstić information content (AvgIpc) is 3.26. The molecule has 1 aromatic rings. The van der Waals surface area contributed by atoms with E-state index in [1.165, 1.54) is 11.8 Å². The van der Waals surface area contributed by atoms with E-state index < -0.39 is 42.1 Å². The minimum atomic E-state index is -1.05. The van der Waals surface area contributed by atoms with Gasteiger partial charge in [0.25, 0.3) is 0 Å². The van der Waals surface area contributed by atoms with Crippen LogP contribution in [0.5, 0.6) is 0 Å². The first-order chi connectivity index (χ1) is 20.9. The summed E-state index contributed by atoms with van der Waals surface area (Å²) in [7, 11) is 0. The average molecular weight is 656 g/mol. The van der Waals surface area contributed by atoms with Gasteiger partial charge in [-0.2, -0.15) is 11.8 Å². The van der Waals surface area contributed by atoms with Crippen molar-refractivity contribution >= 4 is 35.6 Å². The van der Waals surface area contributed by atoms with Crippen molar-refractivity contribution in [2.75, 3.05) is 12.3 Å². The lowest BCUT2D eigenvalue weighted by molar-refractivity contribution is -0.132. The number of nitrogens with one attached hydrogen (secondary N) is 4. The van der Waals surface area contributed by atoms with Crippen LogP contribution in [-0.2, 0) is 25.7 Å². The molecule has 0 saturated carbocycles. The fourth-order valence-corrected chi connectivity index (χ4v) is 5.29. The van der Waals surface area contributed by atoms with Crippen LogP contribution in [0.1, 0.15) is 92.5 Å². The lowest BCUT2D eigenvalue weighted by Crippen LogP contribution is -2.55. The van der Waals surface area contributed by atoms with Crippen molar-refractivity contribution in [2.24, 2.45) is 23.7 Å². The molecule has 1 rings (SSSR count). The zero-order valence-corrected chi connectivity index (χ0v) is 29.8. The molecule has 0 spiro atoms. The number of rotatable bonds is 19. The van der Waals surface area contributed by atoms with Crippen molar-refractivity contribution < 1.29 is 33.4 Å². The maximum absolute atomic E-state index is 13.5. The van der Waals surface area contributed by atoms with E-state index in [4.69, 9.17) is 9.15 Å². The molecule has 0 unspecified atom stereocenters. The Morgan fingerprint density at radius 2 is 1.51 bits per heavy atom. The maximum Gasteiger partial charge on any atom is 0.408 e. The fourth-order valence-electron chi connectivity index (χ4n) is 4.48. The molecule has 0 saturated heterocycles. The predicted octanol–water partition coefficient (Wildman–Crippen LogP) is 3.86. The first kappa shape index (κ1) is 40.2. The number of hydrogen-bond acceptors (Lipinski definition) is 9. The number of carbonyl (C=O) groups is 4. The van der Waals surface area contributed by atoms with Crippen molar-refractivity contribution in [3.8, 4) is 0 Å². The molecule has 0 aliphatic rings. The van der Waals surface area contributed by atoms with Gasteiger partial charge in [0.2, 0.25) is 17.7 Å². The number of hydrogen-bond donors (Lipinski definition) is 5. The number of thioether (sulfide) groups is 1. The molecular formula is C32H57N5O7S. The summed E-state index contributed by atoms with van der Waals surface area (Å²) in [5.74, 6) is -0.112. The van der Waals surface area contributed by atoms with Gasteiger partial charge in [0.15, 0.2) is 5.89 Å². The van der Waals surface area contributed by atoms with Gasteiger partial charge in [0, 0.05) is 25.1 Å². The number of aliphatic hydroxyl groups excluding tert-OH is 1. The highest BCUT2D eigenvalue weighted by atomic mass is 32.2. The van der Waals surface area contributed by atoms with Crippen molar-refractivity contribution in [1.29, 1.82) is 0 Å². The van der Waals surface area contributed by atoms with Gasteiger partial charge in [0.05, 0.1) is 12.1 Å². The van der Waals surface area contributed by atoms with E-state index in [1.54, 1.807) is 20.8 Å². The Hall–Kier alpha value is -2.80. The van der Waals surface area contributed by atoms with Gasteiger partial charge >= 0.3 is 6.09 Å². The molecule has 0 aliphatic heterocycles. The van der Waals surface area contributed by atoms with Crippen LogP contribution in [0.25, 0.3) is 0 Å². The van der Waals surface area contributed by atoms with Gasteiger partial charge in [-0.15, -0.1) is 0 Å². The fraction of sp³-hybridized carbons (Fsp3) is 0.781. The molecule has 0 bridgehead atoms. The number of oxazole rings is 1. The minimum Gasteiger partial charge on any atom is -0.446 e. The van der Waals surface area contributed by atoms with Gasteiger partial charge in [-0.05, 0) is 42.8 Å². The highest BCUT2D eigenvalue weighted by Crippen LogP contribution is 2.18. The van der Waals surface area contributed by atoms with Crippen LogP contribution in [0.3, 0.4) is 0 Å². The second-order valence-electron chi connectivity index (χ2n) is 13.2. The van der Waals surface area contributed by atoms with Crippen LogP contribution in [0.4, 0.5) is 4.79 Å². The SMILES string of the molecule is Cc1nc(COC(=O)N[C@@H](CSC(C)C)C(=O)N[C@H](CC(C)C)[C@@H](O)C[C@@H](C)C(=O)N[C@@H](C(=O)NCC(C)C)C(C)C)c(C)o1. The zero-order valence-electron chi connectivity index (χ0n) is 29.0. The molecule has 0 radical (unpaired) electrons. The lowest BCUT2D eigenvalue weighted by atomic mass is 9.91. The third kappa shape index (κ3) is 15.4. The smallest absolute Gasteiger partial charge is 0.408 e. The summed E-state index contributed by atoms with van der Waals surface area (Å²) < 4.78 is 10.7. The van der Waals surface area contributed by atoms with Crippen LogP contribution in [0.2, 0.25) is 0 Å². The van der Waals surface area contributed by atoms with Crippen molar-refractivity contribution in [1.82, 2.24) is 26.3 Å². The van der Waals surface area contributed by atoms with Crippen LogP contribution < -0.4 is 21.3 Å². The topological polar surface area (TPSA) is 172 Å². The molecular weight excluding hydrogens is 598 g/mol. The molecule has 13 heteroatoms. The molecule has 4 amide bonds. The zero-order chi connectivity index (χ0) is 34.4. The van der Waals surface area contributed by atoms with E-state index in [-0.39, 0.29) is 47.8 Å². The molecule has 45 heavy (non-hydrogen) atoms. The van der Waals surface area contributed by atoms with Crippen LogP contribution in [0, 0.1) is 37.5 Å². The number of aryl methyl sites for hydroxylation is 2. The molecule has 1 aromatic heterocycles. The van der Waals surface area contributed by atoms with Crippen molar-refractivity contribution in [3.05, 3.63) is 17.3 Å². The standard InChI is InChI=1S/C32H57N5O7S/c1-17(2)12-24(27(38)13-21(9)29(39)37-28(19(5)6)31(41)33-14-18(3)4)35-30(40)26(16-45-20(7)8)36-32(42)43-15-25-22(10)44-23(11)34-25/h17-21,24,26-28,38H,12-16H2,1-11H3,(H,33,41)(H,35,40)(H,36,42)(H,37,39)/t21-,24-,26+,27+,28-/m1/s1. The molecule has 5 N–H and O–H groups in total. The normalized spacial score (nSPS) is 15.0. The highest BCUT2D eigenvalue weighted by Gasteiger charge is 2.32. The van der Waals surface area contributed by atoms with Crippen LogP contribution in [-0.4, -0.2) is 75.7 Å². The summed E-state index contributed by atoms with van der Waals surface area (Å²) in [6, 6.07) is -2.30. The number of ether oxygens (including phenoxy) is 1. The Kier molecular flexibility index (Phi) is 17.6. The third-order valence-electron chi connectivity index (χ3n) is 7.04. The molecule has 0 aromatic carbocycles. The monoisotopic (exact) mass is 655 g/mol. The van der Waals surface area contributed by atoms with Gasteiger partial charge in [-0.25, -0.2) is 9.78 Å². The first-order valence-electron chi connectivity index (χ1n) is 15.9. The minimum absolute atomic E-state index is 0.0687. The lowest BCUT2D eigenvalue weighted by Gasteiger charge is -2.30. The molecule has 0 aliphatic carbocycles. The Balaban J connectivity index is 2.93. The van der Waals surface area contributed by atoms with Crippen molar-refractivity contribution in [2.45, 2.75) is 125 Å². The van der Waals surface area contributed by atoms with Gasteiger partial charge in [-0.3, -0.25) is 14.4 Å². The van der Waals surface area contributed by atoms with E-state index in [2.05, 4.69) is 26.3 Å². The number of nitrogens with zero attached hydrogens (tertiary/aromatic N) is 1. The number of amides is 4. The molecule has 0 fully saturated rings. The summed E-state index contributed by atoms with van der Waals surface area (Å²) in [5, 5.41) is 22.7. The van der Waals surface area contributed by atoms with E-state index >= 15 is 0 Å². The summed E-state index contributed by atoms with van der Waals surface area (Å²) >= 11 is 1.50. The number of aromatic nitrogens is 1. The summed E-state index contributed by atoms with van der Waals surface area (Å²) in [4.78, 5) is 56.2. The number of aliphatic hydroxyl groups is 1. The predicted molar refractivity (Wildman–Crippen MR) is 176 cm³/mol. The molecule has 258 valence electrons. The van der Waals surface area contributed by atoms with E-state index in [0.717, 1.165) is 0 Å². The van der Waals surface area contributed by atoms with Crippen molar-refractivity contribution in [3.63, 3.8) is 0 Å². The van der Waals surface area contributed by atoms with E-state index in [1.807, 2.05) is 55.4 Å². The molecule has 1 heterocycles. The van der Waals surface area contributed by atoms with Gasteiger partial charge in [0.1, 0.15) is 30.1 Å². The Morgan fingerprint density at radius 3 is 2.02 bits per heavy atom. The summed E-state index contributed by atoms with van der Waals surface area (Å²) in [6.07, 6.45) is -1.30. The van der Waals surface area contributed by atoms with E-state index in [0.29, 0.717) is 36.1 Å². The highest BCUT2D eigenvalue weighted by molar-refractivity contribution is 7.99. The third-order valence-corrected chi connectivity index (χ3v) is 8.23. The van der Waals surface area contributed by atoms with E-state index in [9.17, 15) is 24.3 Å². The number of carbonyl (C=O) groups excluding carboxylic acids is 4. The first-order valence-corrected chi connectivity index (χ1v) is 17.0. The summed E-state index contributed by atoms with van der Waals surface area (Å²) in [5.41, 5.74) is 0.495. The largest absolute Gasteiger partial charge is 0.446 e. The Bertz CT molecular complexity index is 1090. The second-order valence-corrected chi connectivity index (χ2v) is 14.8. The van der Waals surface area contributed by atoms with Gasteiger partial charge < -0.3 is 35.5 Å². The van der Waals surface area contributed by atoms with Crippen LogP contribution in [0.15, 0.2) is 4.42 Å². The van der Waals surface area contributed by atoms with Gasteiger partial charge in [-0.1, -0.05) is 62.3 Å². The maximum atomic E-state index is 13.5. The second kappa shape index (κ2) is 19.7.